The Morgan fingerprint density at radius 3 is 2.88 bits per heavy atom. The van der Waals surface area contributed by atoms with Crippen molar-refractivity contribution in [3.8, 4) is 5.88 Å². The number of pyridine rings is 1. The van der Waals surface area contributed by atoms with Crippen LogP contribution in [0.4, 0.5) is 11.6 Å². The molecule has 0 spiro atoms. The van der Waals surface area contributed by atoms with Crippen LogP contribution in [-0.4, -0.2) is 39.7 Å². The van der Waals surface area contributed by atoms with E-state index in [0.717, 1.165) is 62.5 Å². The summed E-state index contributed by atoms with van der Waals surface area (Å²) in [5, 5.41) is 13.4. The summed E-state index contributed by atoms with van der Waals surface area (Å²) in [6.45, 7) is 4.91. The molecule has 1 fully saturated rings. The second-order valence-electron chi connectivity index (χ2n) is 6.89. The van der Waals surface area contributed by atoms with Crippen molar-refractivity contribution < 1.29 is 5.11 Å². The minimum Gasteiger partial charge on any atom is -0.493 e. The molecule has 0 aliphatic carbocycles. The highest BCUT2D eigenvalue weighted by molar-refractivity contribution is 5.51. The molecule has 2 aliphatic rings. The Labute approximate surface area is 148 Å². The lowest BCUT2D eigenvalue weighted by Crippen LogP contribution is -2.34. The Morgan fingerprint density at radius 1 is 1.24 bits per heavy atom. The SMILES string of the molecule is CCc1c(O)ncnc1N1CCC(c2ccc3c(n2)NCCC3)CC1. The first-order valence-electron chi connectivity index (χ1n) is 9.27. The van der Waals surface area contributed by atoms with E-state index >= 15 is 0 Å². The van der Waals surface area contributed by atoms with Gasteiger partial charge in [-0.25, -0.2) is 15.0 Å². The van der Waals surface area contributed by atoms with Crippen molar-refractivity contribution in [3.05, 3.63) is 35.3 Å². The predicted molar refractivity (Wildman–Crippen MR) is 98.3 cm³/mol. The molecule has 25 heavy (non-hydrogen) atoms. The van der Waals surface area contributed by atoms with Crippen LogP contribution in [0.1, 0.15) is 48.9 Å². The Kier molecular flexibility index (Phi) is 4.42. The smallest absolute Gasteiger partial charge is 0.219 e. The van der Waals surface area contributed by atoms with E-state index < -0.39 is 0 Å². The Bertz CT molecular complexity index is 755. The molecule has 0 radical (unpaired) electrons. The molecule has 0 unspecified atom stereocenters. The van der Waals surface area contributed by atoms with Gasteiger partial charge in [0.05, 0.1) is 5.56 Å². The number of hydrogen-bond acceptors (Lipinski definition) is 6. The first-order valence-corrected chi connectivity index (χ1v) is 9.27. The van der Waals surface area contributed by atoms with Gasteiger partial charge in [-0.15, -0.1) is 0 Å². The van der Waals surface area contributed by atoms with E-state index in [1.54, 1.807) is 0 Å². The molecule has 0 aromatic carbocycles. The van der Waals surface area contributed by atoms with Crippen LogP contribution in [0.25, 0.3) is 0 Å². The molecule has 2 aliphatic heterocycles. The van der Waals surface area contributed by atoms with Gasteiger partial charge in [0.25, 0.3) is 0 Å². The van der Waals surface area contributed by atoms with Crippen LogP contribution >= 0.6 is 0 Å². The third-order valence-electron chi connectivity index (χ3n) is 5.38. The van der Waals surface area contributed by atoms with Crippen molar-refractivity contribution in [1.29, 1.82) is 0 Å². The van der Waals surface area contributed by atoms with Crippen molar-refractivity contribution >= 4 is 11.6 Å². The minimum atomic E-state index is 0.108. The van der Waals surface area contributed by atoms with Gasteiger partial charge >= 0.3 is 0 Å². The molecule has 4 rings (SSSR count). The van der Waals surface area contributed by atoms with E-state index in [2.05, 4.69) is 32.3 Å². The van der Waals surface area contributed by atoms with Gasteiger partial charge in [0, 0.05) is 31.2 Å². The average Bonchev–Trinajstić information content (AvgIpc) is 2.67. The number of hydrogen-bond donors (Lipinski definition) is 2. The van der Waals surface area contributed by atoms with Gasteiger partial charge in [-0.2, -0.15) is 0 Å². The van der Waals surface area contributed by atoms with Gasteiger partial charge in [0.15, 0.2) is 0 Å². The first kappa shape index (κ1) is 16.1. The molecule has 4 heterocycles. The fourth-order valence-electron chi connectivity index (χ4n) is 3.94. The summed E-state index contributed by atoms with van der Waals surface area (Å²) in [6.07, 6.45) is 6.62. The molecule has 0 saturated carbocycles. The maximum absolute atomic E-state index is 9.97. The number of aromatic hydroxyl groups is 1. The normalized spacial score (nSPS) is 17.9. The van der Waals surface area contributed by atoms with Gasteiger partial charge in [0.2, 0.25) is 5.88 Å². The summed E-state index contributed by atoms with van der Waals surface area (Å²) in [6, 6.07) is 4.45. The number of aromatic nitrogens is 3. The summed E-state index contributed by atoms with van der Waals surface area (Å²) in [4.78, 5) is 15.5. The van der Waals surface area contributed by atoms with Crippen molar-refractivity contribution in [2.24, 2.45) is 0 Å². The van der Waals surface area contributed by atoms with Gasteiger partial charge in [-0.3, -0.25) is 0 Å². The van der Waals surface area contributed by atoms with Gasteiger partial charge < -0.3 is 15.3 Å². The average molecular weight is 339 g/mol. The number of aryl methyl sites for hydroxylation is 1. The highest BCUT2D eigenvalue weighted by atomic mass is 16.3. The van der Waals surface area contributed by atoms with Gasteiger partial charge in [0.1, 0.15) is 18.0 Å². The monoisotopic (exact) mass is 339 g/mol. The summed E-state index contributed by atoms with van der Waals surface area (Å²) >= 11 is 0. The molecule has 2 aromatic heterocycles. The third kappa shape index (κ3) is 3.13. The fraction of sp³-hybridized carbons (Fsp3) is 0.526. The minimum absolute atomic E-state index is 0.108. The first-order chi connectivity index (χ1) is 12.3. The lowest BCUT2D eigenvalue weighted by molar-refractivity contribution is 0.442. The summed E-state index contributed by atoms with van der Waals surface area (Å²) in [5.74, 6) is 2.57. The van der Waals surface area contributed by atoms with Crippen molar-refractivity contribution in [2.45, 2.75) is 44.9 Å². The van der Waals surface area contributed by atoms with E-state index in [1.807, 2.05) is 6.92 Å². The van der Waals surface area contributed by atoms with Crippen LogP contribution in [0.5, 0.6) is 5.88 Å². The maximum Gasteiger partial charge on any atom is 0.219 e. The van der Waals surface area contributed by atoms with Crippen molar-refractivity contribution in [2.75, 3.05) is 29.9 Å². The fourth-order valence-corrected chi connectivity index (χ4v) is 3.94. The van der Waals surface area contributed by atoms with E-state index in [0.29, 0.717) is 5.92 Å². The zero-order valence-corrected chi connectivity index (χ0v) is 14.7. The number of piperidine rings is 1. The predicted octanol–water partition coefficient (Wildman–Crippen LogP) is 2.88. The van der Waals surface area contributed by atoms with E-state index in [4.69, 9.17) is 4.98 Å². The third-order valence-corrected chi connectivity index (χ3v) is 5.38. The standard InChI is InChI=1S/C19H25N5O/c1-2-15-18(21-12-22-19(15)25)24-10-7-13(8-11-24)16-6-5-14-4-3-9-20-17(14)23-16/h5-6,12-13H,2-4,7-11H2,1H3,(H,20,23)(H,21,22,25). The Balaban J connectivity index is 1.48. The maximum atomic E-state index is 9.97. The second-order valence-corrected chi connectivity index (χ2v) is 6.89. The van der Waals surface area contributed by atoms with Crippen LogP contribution in [0.3, 0.4) is 0 Å². The second kappa shape index (κ2) is 6.86. The number of nitrogens with one attached hydrogen (secondary N) is 1. The molecule has 2 N–H and O–H groups in total. The van der Waals surface area contributed by atoms with Crippen LogP contribution in [0.15, 0.2) is 18.5 Å². The molecular weight excluding hydrogens is 314 g/mol. The van der Waals surface area contributed by atoms with Crippen molar-refractivity contribution in [3.63, 3.8) is 0 Å². The zero-order chi connectivity index (χ0) is 17.2. The summed E-state index contributed by atoms with van der Waals surface area (Å²) in [5.41, 5.74) is 3.39. The summed E-state index contributed by atoms with van der Waals surface area (Å²) in [7, 11) is 0. The molecule has 6 nitrogen and oxygen atoms in total. The summed E-state index contributed by atoms with van der Waals surface area (Å²) < 4.78 is 0. The number of anilines is 2. The van der Waals surface area contributed by atoms with Crippen LogP contribution in [0, 0.1) is 0 Å². The molecule has 0 amide bonds. The molecular formula is C19H25N5O. The lowest BCUT2D eigenvalue weighted by atomic mass is 9.92. The highest BCUT2D eigenvalue weighted by Gasteiger charge is 2.25. The number of rotatable bonds is 3. The Hall–Kier alpha value is -2.37. The lowest BCUT2D eigenvalue weighted by Gasteiger charge is -2.33. The molecule has 6 heteroatoms. The van der Waals surface area contributed by atoms with E-state index in [-0.39, 0.29) is 5.88 Å². The van der Waals surface area contributed by atoms with Gasteiger partial charge in [-0.05, 0) is 43.7 Å². The topological polar surface area (TPSA) is 74.2 Å². The largest absolute Gasteiger partial charge is 0.493 e. The number of nitrogens with zero attached hydrogens (tertiary/aromatic N) is 4. The van der Waals surface area contributed by atoms with Crippen LogP contribution in [-0.2, 0) is 12.8 Å². The van der Waals surface area contributed by atoms with Gasteiger partial charge in [-0.1, -0.05) is 13.0 Å². The highest BCUT2D eigenvalue weighted by Crippen LogP contribution is 2.33. The van der Waals surface area contributed by atoms with E-state index in [9.17, 15) is 5.11 Å². The quantitative estimate of drug-likeness (QED) is 0.896. The number of fused-ring (bicyclic) bond motifs is 1. The van der Waals surface area contributed by atoms with E-state index in [1.165, 1.54) is 24.0 Å². The zero-order valence-electron chi connectivity index (χ0n) is 14.7. The molecule has 1 saturated heterocycles. The Morgan fingerprint density at radius 2 is 2.08 bits per heavy atom. The molecule has 132 valence electrons. The molecule has 0 atom stereocenters. The molecule has 0 bridgehead atoms. The van der Waals surface area contributed by atoms with Crippen molar-refractivity contribution in [1.82, 2.24) is 15.0 Å². The van der Waals surface area contributed by atoms with Crippen LogP contribution in [0.2, 0.25) is 0 Å². The molecule has 2 aromatic rings. The van der Waals surface area contributed by atoms with Crippen LogP contribution < -0.4 is 10.2 Å².